The summed E-state index contributed by atoms with van der Waals surface area (Å²) in [5.74, 6) is -0.0654. The van der Waals surface area contributed by atoms with Crippen LogP contribution < -0.4 is 5.32 Å². The van der Waals surface area contributed by atoms with Crippen molar-refractivity contribution < 1.29 is 14.3 Å². The van der Waals surface area contributed by atoms with E-state index in [0.717, 1.165) is 41.3 Å². The van der Waals surface area contributed by atoms with Gasteiger partial charge in [0.1, 0.15) is 9.88 Å². The lowest BCUT2D eigenvalue weighted by molar-refractivity contribution is 0.0601. The van der Waals surface area contributed by atoms with Crippen molar-refractivity contribution in [2.45, 2.75) is 32.6 Å². The van der Waals surface area contributed by atoms with E-state index >= 15 is 0 Å². The van der Waals surface area contributed by atoms with Gasteiger partial charge < -0.3 is 10.1 Å². The van der Waals surface area contributed by atoms with Crippen molar-refractivity contribution in [3.8, 4) is 0 Å². The number of ether oxygens (including phenoxy) is 1. The molecule has 1 atom stereocenters. The fourth-order valence-electron chi connectivity index (χ4n) is 3.73. The van der Waals surface area contributed by atoms with Gasteiger partial charge in [-0.25, -0.2) is 4.79 Å². The molecule has 2 heterocycles. The van der Waals surface area contributed by atoms with Crippen LogP contribution in [0.15, 0.2) is 24.3 Å². The summed E-state index contributed by atoms with van der Waals surface area (Å²) in [6, 6.07) is 7.66. The largest absolute Gasteiger partial charge is 0.465 e. The molecule has 1 aliphatic rings. The van der Waals surface area contributed by atoms with Crippen LogP contribution in [0.2, 0.25) is 5.02 Å². The summed E-state index contributed by atoms with van der Waals surface area (Å²) in [4.78, 5) is 27.1. The maximum Gasteiger partial charge on any atom is 0.341 e. The highest BCUT2D eigenvalue weighted by molar-refractivity contribution is 7.22. The smallest absolute Gasteiger partial charge is 0.341 e. The van der Waals surface area contributed by atoms with E-state index in [0.29, 0.717) is 26.4 Å². The van der Waals surface area contributed by atoms with Crippen molar-refractivity contribution in [1.82, 2.24) is 0 Å². The van der Waals surface area contributed by atoms with Gasteiger partial charge >= 0.3 is 5.97 Å². The molecule has 0 spiro atoms. The van der Waals surface area contributed by atoms with Gasteiger partial charge in [0.05, 0.1) is 17.7 Å². The standard InChI is InChI=1S/C21H20ClNO3S2/c1-3-11-8-9-12-15(10-11)28-20(16(12)21(25)26-2)23-19(24)18-17(22)13-6-4-5-7-14(13)27-18/h4-7,11H,3,8-10H2,1-2H3,(H,23,24). The quantitative estimate of drug-likeness (QED) is 0.500. The van der Waals surface area contributed by atoms with Gasteiger partial charge in [0.15, 0.2) is 0 Å². The Morgan fingerprint density at radius 1 is 1.29 bits per heavy atom. The first-order valence-electron chi connectivity index (χ1n) is 9.24. The molecule has 2 aromatic heterocycles. The third kappa shape index (κ3) is 3.34. The molecule has 28 heavy (non-hydrogen) atoms. The van der Waals surface area contributed by atoms with Gasteiger partial charge in [-0.3, -0.25) is 4.79 Å². The molecular formula is C21H20ClNO3S2. The number of methoxy groups -OCH3 is 1. The predicted octanol–water partition coefficient (Wildman–Crippen LogP) is 6.17. The Morgan fingerprint density at radius 2 is 2.07 bits per heavy atom. The van der Waals surface area contributed by atoms with E-state index in [9.17, 15) is 9.59 Å². The van der Waals surface area contributed by atoms with Crippen LogP contribution in [-0.2, 0) is 17.6 Å². The van der Waals surface area contributed by atoms with Crippen LogP contribution in [0.5, 0.6) is 0 Å². The summed E-state index contributed by atoms with van der Waals surface area (Å²) < 4.78 is 5.97. The molecular weight excluding hydrogens is 414 g/mol. The Bertz CT molecular complexity index is 1070. The normalized spacial score (nSPS) is 16.0. The predicted molar refractivity (Wildman–Crippen MR) is 116 cm³/mol. The Hall–Kier alpha value is -1.89. The van der Waals surface area contributed by atoms with Gasteiger partial charge in [-0.15, -0.1) is 22.7 Å². The lowest BCUT2D eigenvalue weighted by atomic mass is 9.86. The maximum absolute atomic E-state index is 13.0. The topological polar surface area (TPSA) is 55.4 Å². The molecule has 4 rings (SSSR count). The highest BCUT2D eigenvalue weighted by Gasteiger charge is 2.30. The first-order chi connectivity index (χ1) is 13.5. The van der Waals surface area contributed by atoms with E-state index in [1.807, 2.05) is 24.3 Å². The Kier molecular flexibility index (Phi) is 5.45. The number of hydrogen-bond donors (Lipinski definition) is 1. The second-order valence-electron chi connectivity index (χ2n) is 6.91. The van der Waals surface area contributed by atoms with Crippen molar-refractivity contribution in [1.29, 1.82) is 0 Å². The molecule has 0 saturated heterocycles. The molecule has 146 valence electrons. The fraction of sp³-hybridized carbons (Fsp3) is 0.333. The van der Waals surface area contributed by atoms with E-state index in [4.69, 9.17) is 16.3 Å². The van der Waals surface area contributed by atoms with E-state index in [-0.39, 0.29) is 5.91 Å². The monoisotopic (exact) mass is 433 g/mol. The molecule has 0 bridgehead atoms. The van der Waals surface area contributed by atoms with E-state index in [1.165, 1.54) is 34.7 Å². The zero-order chi connectivity index (χ0) is 19.8. The van der Waals surface area contributed by atoms with Gasteiger partial charge in [-0.1, -0.05) is 43.1 Å². The second-order valence-corrected chi connectivity index (χ2v) is 9.45. The van der Waals surface area contributed by atoms with Gasteiger partial charge in [0.2, 0.25) is 0 Å². The zero-order valence-corrected chi connectivity index (χ0v) is 18.0. The number of rotatable bonds is 4. The van der Waals surface area contributed by atoms with E-state index < -0.39 is 5.97 Å². The van der Waals surface area contributed by atoms with Crippen LogP contribution in [0, 0.1) is 5.92 Å². The summed E-state index contributed by atoms with van der Waals surface area (Å²) in [6.07, 6.45) is 3.96. The van der Waals surface area contributed by atoms with Gasteiger partial charge in [-0.05, 0) is 36.8 Å². The molecule has 1 unspecified atom stereocenters. The van der Waals surface area contributed by atoms with Gasteiger partial charge in [-0.2, -0.15) is 0 Å². The molecule has 0 fully saturated rings. The molecule has 1 N–H and O–H groups in total. The highest BCUT2D eigenvalue weighted by Crippen LogP contribution is 2.42. The number of nitrogens with one attached hydrogen (secondary N) is 1. The van der Waals surface area contributed by atoms with Crippen molar-refractivity contribution in [3.05, 3.63) is 50.2 Å². The molecule has 0 aliphatic heterocycles. The summed E-state index contributed by atoms with van der Waals surface area (Å²) in [5.41, 5.74) is 1.53. The third-order valence-electron chi connectivity index (χ3n) is 5.30. The average Bonchev–Trinajstić information content (AvgIpc) is 3.24. The van der Waals surface area contributed by atoms with Crippen LogP contribution in [0.3, 0.4) is 0 Å². The van der Waals surface area contributed by atoms with Crippen LogP contribution in [0.25, 0.3) is 10.1 Å². The number of benzene rings is 1. The van der Waals surface area contributed by atoms with Gasteiger partial charge in [0, 0.05) is 15.0 Å². The number of fused-ring (bicyclic) bond motifs is 2. The first kappa shape index (κ1) is 19.4. The lowest BCUT2D eigenvalue weighted by Crippen LogP contribution is -2.16. The summed E-state index contributed by atoms with van der Waals surface area (Å²) in [7, 11) is 1.37. The molecule has 1 aliphatic carbocycles. The number of esters is 1. The number of amides is 1. The number of thiophene rings is 2. The molecule has 3 aromatic rings. The Labute approximate surface area is 176 Å². The SMILES string of the molecule is CCC1CCc2c(sc(NC(=O)c3sc4ccccc4c3Cl)c2C(=O)OC)C1. The number of anilines is 1. The Morgan fingerprint density at radius 3 is 2.79 bits per heavy atom. The molecule has 0 saturated carbocycles. The molecule has 7 heteroatoms. The van der Waals surface area contributed by atoms with Crippen molar-refractivity contribution >= 4 is 61.2 Å². The number of carbonyl (C=O) groups is 2. The number of hydrogen-bond acceptors (Lipinski definition) is 5. The van der Waals surface area contributed by atoms with E-state index in [2.05, 4.69) is 12.2 Å². The molecule has 0 radical (unpaired) electrons. The van der Waals surface area contributed by atoms with Gasteiger partial charge in [0.25, 0.3) is 5.91 Å². The molecule has 1 amide bonds. The van der Waals surface area contributed by atoms with Crippen LogP contribution >= 0.6 is 34.3 Å². The van der Waals surface area contributed by atoms with Crippen LogP contribution in [-0.4, -0.2) is 19.0 Å². The second kappa shape index (κ2) is 7.85. The summed E-state index contributed by atoms with van der Waals surface area (Å²) >= 11 is 9.29. The minimum Gasteiger partial charge on any atom is -0.465 e. The third-order valence-corrected chi connectivity index (χ3v) is 8.15. The van der Waals surface area contributed by atoms with Crippen molar-refractivity contribution in [2.24, 2.45) is 5.92 Å². The minimum absolute atomic E-state index is 0.290. The molecule has 1 aromatic carbocycles. The fourth-order valence-corrected chi connectivity index (χ4v) is 6.49. The van der Waals surface area contributed by atoms with Crippen molar-refractivity contribution in [2.75, 3.05) is 12.4 Å². The lowest BCUT2D eigenvalue weighted by Gasteiger charge is -2.20. The summed E-state index contributed by atoms with van der Waals surface area (Å²) in [5, 5.41) is 4.81. The Balaban J connectivity index is 1.70. The minimum atomic E-state index is -0.398. The average molecular weight is 434 g/mol. The first-order valence-corrected chi connectivity index (χ1v) is 11.3. The van der Waals surface area contributed by atoms with E-state index in [1.54, 1.807) is 0 Å². The summed E-state index contributed by atoms with van der Waals surface area (Å²) in [6.45, 7) is 2.19. The maximum atomic E-state index is 13.0. The van der Waals surface area contributed by atoms with Crippen LogP contribution in [0.4, 0.5) is 5.00 Å². The molecule has 4 nitrogen and oxygen atoms in total. The van der Waals surface area contributed by atoms with Crippen molar-refractivity contribution in [3.63, 3.8) is 0 Å². The van der Waals surface area contributed by atoms with Crippen LogP contribution in [0.1, 0.15) is 50.2 Å². The number of carbonyl (C=O) groups excluding carboxylic acids is 2. The zero-order valence-electron chi connectivity index (χ0n) is 15.6. The number of halogens is 1. The highest BCUT2D eigenvalue weighted by atomic mass is 35.5.